The summed E-state index contributed by atoms with van der Waals surface area (Å²) in [7, 11) is 2.01. The molecular weight excluding hydrogens is 238 g/mol. The average Bonchev–Trinajstić information content (AvgIpc) is 2.36. The minimum Gasteiger partial charge on any atom is -0.341 e. The lowest BCUT2D eigenvalue weighted by Crippen LogP contribution is -2.41. The van der Waals surface area contributed by atoms with E-state index < -0.39 is 0 Å². The van der Waals surface area contributed by atoms with Gasteiger partial charge in [-0.1, -0.05) is 13.8 Å². The summed E-state index contributed by atoms with van der Waals surface area (Å²) in [5, 5.41) is 11.9. The van der Waals surface area contributed by atoms with E-state index in [2.05, 4.69) is 55.1 Å². The van der Waals surface area contributed by atoms with Crippen LogP contribution in [0.2, 0.25) is 0 Å². The average molecular weight is 265 g/mol. The first kappa shape index (κ1) is 15.8. The molecule has 0 spiro atoms. The molecule has 0 amide bonds. The van der Waals surface area contributed by atoms with Crippen molar-refractivity contribution in [1.29, 1.82) is 0 Å². The first-order valence-electron chi connectivity index (χ1n) is 7.06. The van der Waals surface area contributed by atoms with Crippen LogP contribution in [0.15, 0.2) is 0 Å². The summed E-state index contributed by atoms with van der Waals surface area (Å²) in [6.07, 6.45) is 1.79. The van der Waals surface area contributed by atoms with E-state index in [0.29, 0.717) is 5.95 Å². The molecule has 0 aliphatic heterocycles. The van der Waals surface area contributed by atoms with E-state index in [0.717, 1.165) is 37.3 Å². The molecule has 1 aromatic heterocycles. The van der Waals surface area contributed by atoms with Crippen molar-refractivity contribution in [3.63, 3.8) is 0 Å². The Balaban J connectivity index is 2.64. The second kappa shape index (κ2) is 6.80. The van der Waals surface area contributed by atoms with Gasteiger partial charge in [0, 0.05) is 25.7 Å². The van der Waals surface area contributed by atoms with Gasteiger partial charge in [-0.15, -0.1) is 5.10 Å². The minimum atomic E-state index is 0.139. The number of hydrogen-bond acceptors (Lipinski definition) is 5. The monoisotopic (exact) mass is 265 g/mol. The molecule has 0 fully saturated rings. The molecule has 0 bridgehead atoms. The quantitative estimate of drug-likeness (QED) is 0.850. The summed E-state index contributed by atoms with van der Waals surface area (Å²) in [5.74, 6) is 0.713. The molecule has 0 aliphatic rings. The SMILES string of the molecule is CCc1nnc(N(C)CCNC(C)(C)C)nc1CC. The molecule has 1 heterocycles. The number of hydrogen-bond donors (Lipinski definition) is 1. The van der Waals surface area contributed by atoms with Crippen molar-refractivity contribution < 1.29 is 0 Å². The molecule has 1 rings (SSSR count). The first-order chi connectivity index (χ1) is 8.87. The molecule has 19 heavy (non-hydrogen) atoms. The highest BCUT2D eigenvalue weighted by molar-refractivity contribution is 5.29. The van der Waals surface area contributed by atoms with Gasteiger partial charge in [-0.2, -0.15) is 5.10 Å². The molecule has 0 unspecified atom stereocenters. The topological polar surface area (TPSA) is 53.9 Å². The van der Waals surface area contributed by atoms with Crippen LogP contribution in [0, 0.1) is 0 Å². The zero-order valence-corrected chi connectivity index (χ0v) is 13.1. The van der Waals surface area contributed by atoms with E-state index in [4.69, 9.17) is 0 Å². The van der Waals surface area contributed by atoms with Gasteiger partial charge in [0.15, 0.2) is 0 Å². The Morgan fingerprint density at radius 2 is 1.68 bits per heavy atom. The van der Waals surface area contributed by atoms with Gasteiger partial charge in [-0.05, 0) is 33.6 Å². The fraction of sp³-hybridized carbons (Fsp3) is 0.786. The maximum Gasteiger partial charge on any atom is 0.245 e. The van der Waals surface area contributed by atoms with Crippen molar-refractivity contribution in [3.8, 4) is 0 Å². The molecule has 1 N–H and O–H groups in total. The van der Waals surface area contributed by atoms with Gasteiger partial charge in [0.2, 0.25) is 5.95 Å². The molecule has 108 valence electrons. The number of aromatic nitrogens is 3. The third kappa shape index (κ3) is 5.11. The second-order valence-corrected chi connectivity index (χ2v) is 5.81. The normalized spacial score (nSPS) is 11.7. The fourth-order valence-corrected chi connectivity index (χ4v) is 1.79. The van der Waals surface area contributed by atoms with Gasteiger partial charge in [-0.3, -0.25) is 0 Å². The van der Waals surface area contributed by atoms with E-state index in [9.17, 15) is 0 Å². The molecule has 0 saturated heterocycles. The Labute approximate surface area is 116 Å². The Bertz CT molecular complexity index is 397. The van der Waals surface area contributed by atoms with Gasteiger partial charge < -0.3 is 10.2 Å². The number of rotatable bonds is 6. The van der Waals surface area contributed by atoms with Crippen LogP contribution in [-0.2, 0) is 12.8 Å². The highest BCUT2D eigenvalue weighted by atomic mass is 15.3. The highest BCUT2D eigenvalue weighted by Crippen LogP contribution is 2.09. The van der Waals surface area contributed by atoms with E-state index >= 15 is 0 Å². The molecule has 0 aromatic carbocycles. The fourth-order valence-electron chi connectivity index (χ4n) is 1.79. The van der Waals surface area contributed by atoms with E-state index in [1.165, 1.54) is 0 Å². The Kier molecular flexibility index (Phi) is 5.66. The standard InChI is InChI=1S/C14H27N5/c1-7-11-12(8-2)17-18-13(16-11)19(6)10-9-15-14(3,4)5/h15H,7-10H2,1-6H3. The highest BCUT2D eigenvalue weighted by Gasteiger charge is 2.12. The summed E-state index contributed by atoms with van der Waals surface area (Å²) in [6.45, 7) is 12.5. The summed E-state index contributed by atoms with van der Waals surface area (Å²) in [6, 6.07) is 0. The number of anilines is 1. The van der Waals surface area contributed by atoms with Crippen LogP contribution in [0.25, 0.3) is 0 Å². The summed E-state index contributed by atoms with van der Waals surface area (Å²) >= 11 is 0. The first-order valence-corrected chi connectivity index (χ1v) is 7.06. The lowest BCUT2D eigenvalue weighted by molar-refractivity contribution is 0.430. The van der Waals surface area contributed by atoms with Crippen molar-refractivity contribution >= 4 is 5.95 Å². The van der Waals surface area contributed by atoms with Crippen LogP contribution in [0.3, 0.4) is 0 Å². The molecule has 0 aliphatic carbocycles. The zero-order valence-electron chi connectivity index (χ0n) is 13.1. The number of aryl methyl sites for hydroxylation is 2. The van der Waals surface area contributed by atoms with Crippen LogP contribution in [0.4, 0.5) is 5.95 Å². The Morgan fingerprint density at radius 3 is 2.21 bits per heavy atom. The van der Waals surface area contributed by atoms with Gasteiger partial charge >= 0.3 is 0 Å². The summed E-state index contributed by atoms with van der Waals surface area (Å²) < 4.78 is 0. The number of likely N-dealkylation sites (N-methyl/N-ethyl adjacent to an activating group) is 1. The van der Waals surface area contributed by atoms with Crippen LogP contribution >= 0.6 is 0 Å². The van der Waals surface area contributed by atoms with Crippen LogP contribution in [-0.4, -0.2) is 40.9 Å². The van der Waals surface area contributed by atoms with Gasteiger partial charge in [0.1, 0.15) is 0 Å². The molecule has 5 heteroatoms. The van der Waals surface area contributed by atoms with E-state index in [1.807, 2.05) is 11.9 Å². The lowest BCUT2D eigenvalue weighted by atomic mass is 10.1. The molecule has 5 nitrogen and oxygen atoms in total. The molecule has 0 saturated carbocycles. The van der Waals surface area contributed by atoms with Gasteiger partial charge in [0.05, 0.1) is 11.4 Å². The maximum absolute atomic E-state index is 4.60. The van der Waals surface area contributed by atoms with Crippen molar-refractivity contribution in [2.75, 3.05) is 25.0 Å². The number of nitrogens with zero attached hydrogens (tertiary/aromatic N) is 4. The lowest BCUT2D eigenvalue weighted by Gasteiger charge is -2.23. The zero-order chi connectivity index (χ0) is 14.5. The minimum absolute atomic E-state index is 0.139. The largest absolute Gasteiger partial charge is 0.341 e. The molecule has 1 aromatic rings. The predicted molar refractivity (Wildman–Crippen MR) is 79.6 cm³/mol. The Hall–Kier alpha value is -1.23. The van der Waals surface area contributed by atoms with Gasteiger partial charge in [-0.25, -0.2) is 4.98 Å². The Morgan fingerprint density at radius 1 is 1.05 bits per heavy atom. The van der Waals surface area contributed by atoms with Crippen molar-refractivity contribution in [1.82, 2.24) is 20.5 Å². The molecular formula is C14H27N5. The molecule has 0 radical (unpaired) electrons. The van der Waals surface area contributed by atoms with Crippen LogP contribution in [0.1, 0.15) is 46.0 Å². The van der Waals surface area contributed by atoms with Crippen LogP contribution < -0.4 is 10.2 Å². The second-order valence-electron chi connectivity index (χ2n) is 5.81. The van der Waals surface area contributed by atoms with Crippen molar-refractivity contribution in [3.05, 3.63) is 11.4 Å². The third-order valence-corrected chi connectivity index (χ3v) is 2.94. The van der Waals surface area contributed by atoms with E-state index in [-0.39, 0.29) is 5.54 Å². The van der Waals surface area contributed by atoms with Crippen molar-refractivity contribution in [2.45, 2.75) is 53.0 Å². The predicted octanol–water partition coefficient (Wildman–Crippen LogP) is 1.82. The molecule has 0 atom stereocenters. The number of nitrogens with one attached hydrogen (secondary N) is 1. The smallest absolute Gasteiger partial charge is 0.245 e. The van der Waals surface area contributed by atoms with E-state index in [1.54, 1.807) is 0 Å². The summed E-state index contributed by atoms with van der Waals surface area (Å²) in [4.78, 5) is 6.65. The summed E-state index contributed by atoms with van der Waals surface area (Å²) in [5.41, 5.74) is 2.20. The van der Waals surface area contributed by atoms with Gasteiger partial charge in [0.25, 0.3) is 0 Å². The van der Waals surface area contributed by atoms with Crippen molar-refractivity contribution in [2.24, 2.45) is 0 Å². The third-order valence-electron chi connectivity index (χ3n) is 2.94. The maximum atomic E-state index is 4.60. The van der Waals surface area contributed by atoms with Crippen LogP contribution in [0.5, 0.6) is 0 Å².